The molecule has 0 aromatic heterocycles. The number of rotatable bonds is 8. The molecular formula is C8H6Na4O9. The van der Waals surface area contributed by atoms with Crippen LogP contribution in [0.1, 0.15) is 12.8 Å². The summed E-state index contributed by atoms with van der Waals surface area (Å²) in [7, 11) is 0. The fourth-order valence-corrected chi connectivity index (χ4v) is 0.875. The molecule has 2 unspecified atom stereocenters. The van der Waals surface area contributed by atoms with Crippen molar-refractivity contribution in [1.29, 1.82) is 0 Å². The van der Waals surface area contributed by atoms with Gasteiger partial charge in [0.15, 0.2) is 0 Å². The molecule has 2 atom stereocenters. The molecule has 0 aliphatic heterocycles. The molecule has 0 aromatic rings. The van der Waals surface area contributed by atoms with E-state index in [0.29, 0.717) is 0 Å². The van der Waals surface area contributed by atoms with Gasteiger partial charge in [0.05, 0.1) is 11.9 Å². The van der Waals surface area contributed by atoms with E-state index in [1.54, 1.807) is 0 Å². The standard InChI is InChI=1S/C8H10O9.4Na/c9-5(10)1-3(7(13)14)17-4(8(15)16)2-6(11)12;;;;/h3-4H,1-2H2,(H,9,10)(H,11,12)(H,13,14)(H,15,16);;;;/q;4*+1/p-4. The van der Waals surface area contributed by atoms with Crippen LogP contribution in [-0.2, 0) is 23.9 Å². The number of carbonyl (C=O) groups is 4. The van der Waals surface area contributed by atoms with Crippen LogP contribution < -0.4 is 139 Å². The molecule has 9 nitrogen and oxygen atoms in total. The van der Waals surface area contributed by atoms with E-state index in [-0.39, 0.29) is 118 Å². The fourth-order valence-electron chi connectivity index (χ4n) is 0.875. The minimum atomic E-state index is -2.15. The van der Waals surface area contributed by atoms with E-state index in [1.165, 1.54) is 0 Å². The van der Waals surface area contributed by atoms with Crippen LogP contribution in [0.4, 0.5) is 0 Å². The number of hydrogen-bond acceptors (Lipinski definition) is 9. The Balaban J connectivity index is -0.000000213. The van der Waals surface area contributed by atoms with Gasteiger partial charge >= 0.3 is 118 Å². The first-order valence-electron chi connectivity index (χ1n) is 4.21. The smallest absolute Gasteiger partial charge is 0.550 e. The number of carbonyl (C=O) groups excluding carboxylic acids is 4. The Labute approximate surface area is 208 Å². The largest absolute Gasteiger partial charge is 1.00 e. The molecule has 0 aromatic carbocycles. The molecule has 0 N–H and O–H groups in total. The summed E-state index contributed by atoms with van der Waals surface area (Å²) in [5.74, 6) is -7.69. The number of aliphatic carboxylic acids is 4. The first-order valence-corrected chi connectivity index (χ1v) is 4.21. The third kappa shape index (κ3) is 18.0. The number of hydrogen-bond donors (Lipinski definition) is 0. The summed E-state index contributed by atoms with van der Waals surface area (Å²) >= 11 is 0. The van der Waals surface area contributed by atoms with Crippen molar-refractivity contribution in [2.24, 2.45) is 0 Å². The second-order valence-electron chi connectivity index (χ2n) is 2.90. The Hall–Kier alpha value is 1.84. The van der Waals surface area contributed by atoms with E-state index in [2.05, 4.69) is 4.74 Å². The molecule has 0 aliphatic rings. The van der Waals surface area contributed by atoms with Crippen molar-refractivity contribution in [3.63, 3.8) is 0 Å². The van der Waals surface area contributed by atoms with E-state index >= 15 is 0 Å². The van der Waals surface area contributed by atoms with Crippen LogP contribution in [0.2, 0.25) is 0 Å². The van der Waals surface area contributed by atoms with E-state index in [0.717, 1.165) is 0 Å². The van der Waals surface area contributed by atoms with Gasteiger partial charge in [-0.25, -0.2) is 0 Å². The molecule has 0 radical (unpaired) electrons. The maximum atomic E-state index is 10.4. The second kappa shape index (κ2) is 18.2. The zero-order valence-corrected chi connectivity index (χ0v) is 20.2. The molecule has 0 heterocycles. The minimum absolute atomic E-state index is 0. The molecule has 0 aliphatic carbocycles. The van der Waals surface area contributed by atoms with Gasteiger partial charge in [-0.15, -0.1) is 0 Å². The van der Waals surface area contributed by atoms with Gasteiger partial charge in [-0.2, -0.15) is 0 Å². The predicted molar refractivity (Wildman–Crippen MR) is 37.9 cm³/mol. The van der Waals surface area contributed by atoms with Crippen molar-refractivity contribution >= 4 is 23.9 Å². The molecule has 0 amide bonds. The maximum Gasteiger partial charge on any atom is 1.00 e. The van der Waals surface area contributed by atoms with Gasteiger partial charge in [0.25, 0.3) is 0 Å². The van der Waals surface area contributed by atoms with E-state index < -0.39 is 48.9 Å². The molecule has 0 rings (SSSR count). The van der Waals surface area contributed by atoms with Crippen LogP contribution in [0, 0.1) is 0 Å². The second-order valence-corrected chi connectivity index (χ2v) is 2.90. The number of carboxylic acids is 4. The summed E-state index contributed by atoms with van der Waals surface area (Å²) < 4.78 is 4.23. The van der Waals surface area contributed by atoms with E-state index in [9.17, 15) is 39.6 Å². The SMILES string of the molecule is O=C([O-])CC(OC(CC(=O)[O-])C(=O)[O-])C(=O)[O-].[Na+].[Na+].[Na+].[Na+]. The Morgan fingerprint density at radius 1 is 0.667 bits per heavy atom. The summed E-state index contributed by atoms with van der Waals surface area (Å²) in [5.41, 5.74) is 0. The number of carboxylic acid groups (broad SMARTS) is 4. The van der Waals surface area contributed by atoms with Crippen molar-refractivity contribution in [2.75, 3.05) is 0 Å². The zero-order chi connectivity index (χ0) is 13.6. The van der Waals surface area contributed by atoms with Gasteiger partial charge in [-0.3, -0.25) is 0 Å². The first kappa shape index (κ1) is 34.2. The molecule has 0 spiro atoms. The van der Waals surface area contributed by atoms with Crippen LogP contribution in [-0.4, -0.2) is 36.1 Å². The Kier molecular flexibility index (Phi) is 29.6. The summed E-state index contributed by atoms with van der Waals surface area (Å²) in [6.07, 6.45) is -6.66. The molecule has 21 heavy (non-hydrogen) atoms. The molecule has 13 heteroatoms. The summed E-state index contributed by atoms with van der Waals surface area (Å²) in [6, 6.07) is 0. The Morgan fingerprint density at radius 2 is 0.905 bits per heavy atom. The van der Waals surface area contributed by atoms with Crippen molar-refractivity contribution in [3.05, 3.63) is 0 Å². The summed E-state index contributed by atoms with van der Waals surface area (Å²) in [5, 5.41) is 41.0. The minimum Gasteiger partial charge on any atom is -0.550 e. The average Bonchev–Trinajstić information content (AvgIpc) is 2.13. The molecule has 0 bridgehead atoms. The zero-order valence-electron chi connectivity index (χ0n) is 12.2. The topological polar surface area (TPSA) is 170 Å². The van der Waals surface area contributed by atoms with Gasteiger partial charge < -0.3 is 44.3 Å². The van der Waals surface area contributed by atoms with Crippen LogP contribution in [0.15, 0.2) is 0 Å². The van der Waals surface area contributed by atoms with Crippen molar-refractivity contribution in [3.8, 4) is 0 Å². The molecule has 0 fully saturated rings. The van der Waals surface area contributed by atoms with Gasteiger partial charge in [-0.1, -0.05) is 0 Å². The van der Waals surface area contributed by atoms with Crippen molar-refractivity contribution in [1.82, 2.24) is 0 Å². The van der Waals surface area contributed by atoms with Gasteiger partial charge in [0.2, 0.25) is 0 Å². The van der Waals surface area contributed by atoms with Crippen molar-refractivity contribution < 1.29 is 163 Å². The molecular weight excluding hydrogens is 332 g/mol. The van der Waals surface area contributed by atoms with Crippen LogP contribution >= 0.6 is 0 Å². The molecule has 0 saturated heterocycles. The van der Waals surface area contributed by atoms with Crippen LogP contribution in [0.5, 0.6) is 0 Å². The third-order valence-corrected chi connectivity index (χ3v) is 1.56. The Morgan fingerprint density at radius 3 is 1.05 bits per heavy atom. The van der Waals surface area contributed by atoms with Gasteiger partial charge in [0, 0.05) is 24.8 Å². The van der Waals surface area contributed by atoms with Crippen LogP contribution in [0.25, 0.3) is 0 Å². The average molecular weight is 338 g/mol. The van der Waals surface area contributed by atoms with Crippen LogP contribution in [0.3, 0.4) is 0 Å². The molecule has 0 saturated carbocycles. The Bertz CT molecular complexity index is 317. The van der Waals surface area contributed by atoms with Gasteiger partial charge in [-0.05, 0) is 0 Å². The van der Waals surface area contributed by atoms with E-state index in [1.807, 2.05) is 0 Å². The fraction of sp³-hybridized carbons (Fsp3) is 0.500. The first-order chi connectivity index (χ1) is 7.73. The van der Waals surface area contributed by atoms with Crippen molar-refractivity contribution in [2.45, 2.75) is 25.0 Å². The third-order valence-electron chi connectivity index (χ3n) is 1.56. The van der Waals surface area contributed by atoms with E-state index in [4.69, 9.17) is 0 Å². The van der Waals surface area contributed by atoms with Gasteiger partial charge in [0.1, 0.15) is 12.2 Å². The predicted octanol–water partition coefficient (Wildman–Crippen LogP) is -18.5. The summed E-state index contributed by atoms with van der Waals surface area (Å²) in [6.45, 7) is 0. The quantitative estimate of drug-likeness (QED) is 0.390. The number of ether oxygens (including phenoxy) is 1. The molecule has 96 valence electrons. The maximum absolute atomic E-state index is 10.4. The monoisotopic (exact) mass is 338 g/mol. The normalized spacial score (nSPS) is 11.0. The summed E-state index contributed by atoms with van der Waals surface area (Å²) in [4.78, 5) is 41.0.